The predicted octanol–water partition coefficient (Wildman–Crippen LogP) is 3.39. The highest BCUT2D eigenvalue weighted by Crippen LogP contribution is 2.38. The largest absolute Gasteiger partial charge is 0.388 e. The summed E-state index contributed by atoms with van der Waals surface area (Å²) in [6, 6.07) is 6.02. The maximum absolute atomic E-state index is 14.6. The number of primary sulfonamides is 1. The minimum absolute atomic E-state index is 0.00316. The zero-order valence-corrected chi connectivity index (χ0v) is 15.4. The third kappa shape index (κ3) is 3.59. The van der Waals surface area contributed by atoms with Crippen molar-refractivity contribution in [2.75, 3.05) is 0 Å². The van der Waals surface area contributed by atoms with E-state index in [0.717, 1.165) is 0 Å². The number of nitrogens with zero attached hydrogens (tertiary/aromatic N) is 1. The lowest BCUT2D eigenvalue weighted by molar-refractivity contribution is 0.230. The molecule has 27 heavy (non-hydrogen) atoms. The van der Waals surface area contributed by atoms with E-state index in [-0.39, 0.29) is 22.6 Å². The molecule has 1 heterocycles. The van der Waals surface area contributed by atoms with Crippen LogP contribution in [0.1, 0.15) is 11.3 Å². The van der Waals surface area contributed by atoms with Gasteiger partial charge in [0, 0.05) is 16.1 Å². The SMILES string of the molecule is Cc1cc(-c2noc(CO)c2-c2cc(F)c(S(N)(=O)=O)cc2F)ccc1Cl. The summed E-state index contributed by atoms with van der Waals surface area (Å²) < 4.78 is 56.7. The van der Waals surface area contributed by atoms with Gasteiger partial charge in [-0.05, 0) is 36.8 Å². The van der Waals surface area contributed by atoms with Crippen LogP contribution in [0.2, 0.25) is 5.02 Å². The Morgan fingerprint density at radius 1 is 1.22 bits per heavy atom. The lowest BCUT2D eigenvalue weighted by Gasteiger charge is -2.09. The fraction of sp³-hybridized carbons (Fsp3) is 0.118. The van der Waals surface area contributed by atoms with E-state index in [0.29, 0.717) is 28.3 Å². The number of benzene rings is 2. The Balaban J connectivity index is 2.27. The van der Waals surface area contributed by atoms with Crippen molar-refractivity contribution in [3.05, 3.63) is 58.3 Å². The van der Waals surface area contributed by atoms with Gasteiger partial charge in [-0.25, -0.2) is 22.3 Å². The number of sulfonamides is 1. The summed E-state index contributed by atoms with van der Waals surface area (Å²) in [4.78, 5) is -0.977. The molecule has 1 aromatic heterocycles. The molecule has 6 nitrogen and oxygen atoms in total. The van der Waals surface area contributed by atoms with E-state index in [1.807, 2.05) is 0 Å². The van der Waals surface area contributed by atoms with Crippen LogP contribution < -0.4 is 5.14 Å². The van der Waals surface area contributed by atoms with Crippen molar-refractivity contribution in [2.45, 2.75) is 18.4 Å². The van der Waals surface area contributed by atoms with E-state index in [2.05, 4.69) is 5.16 Å². The van der Waals surface area contributed by atoms with Crippen LogP contribution in [0.3, 0.4) is 0 Å². The highest BCUT2D eigenvalue weighted by molar-refractivity contribution is 7.89. The van der Waals surface area contributed by atoms with Crippen molar-refractivity contribution in [1.29, 1.82) is 0 Å². The Bertz CT molecular complexity index is 1150. The molecule has 0 aliphatic rings. The van der Waals surface area contributed by atoms with Crippen LogP contribution in [0.5, 0.6) is 0 Å². The number of aromatic nitrogens is 1. The minimum atomic E-state index is -4.45. The van der Waals surface area contributed by atoms with Gasteiger partial charge in [0.2, 0.25) is 10.0 Å². The monoisotopic (exact) mass is 414 g/mol. The molecular formula is C17H13ClF2N2O4S. The predicted molar refractivity (Wildman–Crippen MR) is 94.3 cm³/mol. The second-order valence-corrected chi connectivity index (χ2v) is 7.70. The van der Waals surface area contributed by atoms with E-state index in [1.165, 1.54) is 0 Å². The zero-order chi connectivity index (χ0) is 19.9. The molecule has 2 aromatic carbocycles. The van der Waals surface area contributed by atoms with Gasteiger partial charge < -0.3 is 9.63 Å². The molecule has 0 saturated carbocycles. The molecule has 3 N–H and O–H groups in total. The van der Waals surface area contributed by atoms with Gasteiger partial charge >= 0.3 is 0 Å². The van der Waals surface area contributed by atoms with Gasteiger partial charge in [0.15, 0.2) is 5.76 Å². The molecule has 0 bridgehead atoms. The summed E-state index contributed by atoms with van der Waals surface area (Å²) in [6.07, 6.45) is 0. The van der Waals surface area contributed by atoms with Gasteiger partial charge in [-0.1, -0.05) is 22.8 Å². The number of aliphatic hydroxyl groups is 1. The maximum atomic E-state index is 14.6. The standard InChI is InChI=1S/C17H13ClF2N2O4S/c1-8-4-9(2-3-11(8)18)17-16(14(7-23)26-22-17)10-5-13(20)15(6-12(10)19)27(21,24)25/h2-6,23H,7H2,1H3,(H2,21,24,25). The zero-order valence-electron chi connectivity index (χ0n) is 13.8. The third-order valence-electron chi connectivity index (χ3n) is 3.94. The van der Waals surface area contributed by atoms with Gasteiger partial charge in [0.05, 0.1) is 5.56 Å². The topological polar surface area (TPSA) is 106 Å². The normalized spacial score (nSPS) is 11.8. The average Bonchev–Trinajstić information content (AvgIpc) is 3.01. The number of aryl methyl sites for hydroxylation is 1. The first-order chi connectivity index (χ1) is 12.6. The summed E-state index contributed by atoms with van der Waals surface area (Å²) in [7, 11) is -4.45. The van der Waals surface area contributed by atoms with Gasteiger partial charge in [-0.3, -0.25) is 0 Å². The summed E-state index contributed by atoms with van der Waals surface area (Å²) in [5.74, 6) is -2.42. The third-order valence-corrected chi connectivity index (χ3v) is 5.29. The second kappa shape index (κ2) is 7.01. The molecule has 0 spiro atoms. The molecule has 0 amide bonds. The molecule has 3 rings (SSSR count). The van der Waals surface area contributed by atoms with Crippen LogP contribution in [0.25, 0.3) is 22.4 Å². The van der Waals surface area contributed by atoms with Crippen molar-refractivity contribution in [1.82, 2.24) is 5.16 Å². The fourth-order valence-corrected chi connectivity index (χ4v) is 3.35. The molecule has 142 valence electrons. The van der Waals surface area contributed by atoms with Crippen LogP contribution in [-0.2, 0) is 16.6 Å². The smallest absolute Gasteiger partial charge is 0.241 e. The van der Waals surface area contributed by atoms with Crippen LogP contribution in [-0.4, -0.2) is 18.7 Å². The van der Waals surface area contributed by atoms with Gasteiger partial charge in [0.25, 0.3) is 0 Å². The van der Waals surface area contributed by atoms with Crippen molar-refractivity contribution in [3.63, 3.8) is 0 Å². The van der Waals surface area contributed by atoms with Gasteiger partial charge in [-0.2, -0.15) is 0 Å². The van der Waals surface area contributed by atoms with Crippen LogP contribution >= 0.6 is 11.6 Å². The Morgan fingerprint density at radius 2 is 1.93 bits per heavy atom. The Labute approximate surface area is 158 Å². The van der Waals surface area contributed by atoms with Crippen LogP contribution in [0.15, 0.2) is 39.8 Å². The molecule has 0 saturated heterocycles. The molecule has 0 unspecified atom stereocenters. The number of rotatable bonds is 4. The summed E-state index contributed by atoms with van der Waals surface area (Å²) in [6.45, 7) is 1.12. The first-order valence-electron chi connectivity index (χ1n) is 7.51. The first kappa shape index (κ1) is 19.4. The molecule has 0 radical (unpaired) electrons. The van der Waals surface area contributed by atoms with E-state index in [9.17, 15) is 22.3 Å². The van der Waals surface area contributed by atoms with E-state index in [4.69, 9.17) is 21.3 Å². The highest BCUT2D eigenvalue weighted by Gasteiger charge is 2.25. The summed E-state index contributed by atoms with van der Waals surface area (Å²) in [5.41, 5.74) is 1.01. The second-order valence-electron chi connectivity index (χ2n) is 5.76. The quantitative estimate of drug-likeness (QED) is 0.680. The molecule has 3 aromatic rings. The van der Waals surface area contributed by atoms with Crippen molar-refractivity contribution in [2.24, 2.45) is 5.14 Å². The lowest BCUT2D eigenvalue weighted by Crippen LogP contribution is -2.14. The number of hydrogen-bond donors (Lipinski definition) is 2. The summed E-state index contributed by atoms with van der Waals surface area (Å²) in [5, 5.41) is 18.7. The number of aliphatic hydroxyl groups excluding tert-OH is 1. The van der Waals surface area contributed by atoms with Crippen molar-refractivity contribution < 1.29 is 26.8 Å². The maximum Gasteiger partial charge on any atom is 0.241 e. The Hall–Kier alpha value is -2.33. The van der Waals surface area contributed by atoms with Gasteiger partial charge in [0.1, 0.15) is 28.8 Å². The molecular weight excluding hydrogens is 402 g/mol. The minimum Gasteiger partial charge on any atom is -0.388 e. The molecule has 0 atom stereocenters. The number of hydrogen-bond acceptors (Lipinski definition) is 5. The Morgan fingerprint density at radius 3 is 2.52 bits per heavy atom. The molecule has 0 fully saturated rings. The van der Waals surface area contributed by atoms with Crippen LogP contribution in [0, 0.1) is 18.6 Å². The van der Waals surface area contributed by atoms with Crippen LogP contribution in [0.4, 0.5) is 8.78 Å². The molecule has 10 heteroatoms. The van der Waals surface area contributed by atoms with E-state index >= 15 is 0 Å². The lowest BCUT2D eigenvalue weighted by atomic mass is 9.98. The molecule has 0 aliphatic carbocycles. The van der Waals surface area contributed by atoms with E-state index in [1.54, 1.807) is 25.1 Å². The first-order valence-corrected chi connectivity index (χ1v) is 9.44. The van der Waals surface area contributed by atoms with Crippen molar-refractivity contribution >= 4 is 21.6 Å². The van der Waals surface area contributed by atoms with E-state index < -0.39 is 33.2 Å². The van der Waals surface area contributed by atoms with Crippen molar-refractivity contribution in [3.8, 4) is 22.4 Å². The number of nitrogens with two attached hydrogens (primary N) is 1. The fourth-order valence-electron chi connectivity index (χ4n) is 2.64. The number of halogens is 3. The average molecular weight is 415 g/mol. The highest BCUT2D eigenvalue weighted by atomic mass is 35.5. The Kier molecular flexibility index (Phi) is 5.04. The summed E-state index contributed by atoms with van der Waals surface area (Å²) >= 11 is 6.00. The van der Waals surface area contributed by atoms with Gasteiger partial charge in [-0.15, -0.1) is 0 Å². The molecule has 0 aliphatic heterocycles.